The molecule has 30 heavy (non-hydrogen) atoms. The molecule has 1 aliphatic heterocycles. The molecule has 0 spiro atoms. The molecule has 1 fully saturated rings. The maximum Gasteiger partial charge on any atom is 0.188 e. The van der Waals surface area contributed by atoms with Crippen LogP contribution in [0.1, 0.15) is 27.0 Å². The molecule has 1 heterocycles. The van der Waals surface area contributed by atoms with Gasteiger partial charge in [-0.05, 0) is 34.9 Å². The van der Waals surface area contributed by atoms with Crippen LogP contribution in [0.4, 0.5) is 0 Å². The predicted octanol–water partition coefficient (Wildman–Crippen LogP) is 4.90. The summed E-state index contributed by atoms with van der Waals surface area (Å²) in [6.07, 6.45) is 0.739. The van der Waals surface area contributed by atoms with Crippen LogP contribution in [-0.4, -0.2) is 41.8 Å². The smallest absolute Gasteiger partial charge is 0.188 e. The van der Waals surface area contributed by atoms with Crippen LogP contribution < -0.4 is 0 Å². The summed E-state index contributed by atoms with van der Waals surface area (Å²) in [5, 5.41) is 0. The van der Waals surface area contributed by atoms with Crippen LogP contribution in [0.15, 0.2) is 83.3 Å². The molecule has 0 radical (unpaired) electrons. The molecule has 1 aliphatic carbocycles. The highest BCUT2D eigenvalue weighted by molar-refractivity contribution is 9.10. The average molecular weight is 461 g/mol. The molecule has 1 unspecified atom stereocenters. The van der Waals surface area contributed by atoms with Crippen LogP contribution in [0.25, 0.3) is 0 Å². The third-order valence-corrected chi connectivity index (χ3v) is 7.04. The lowest BCUT2D eigenvalue weighted by atomic mass is 9.83. The summed E-state index contributed by atoms with van der Waals surface area (Å²) in [7, 11) is 0. The number of Topliss-reactive ketones (excluding diaryl/α,β-unsaturated/α-hetero) is 1. The number of piperazine rings is 1. The Bertz CT molecular complexity index is 1050. The lowest BCUT2D eigenvalue weighted by molar-refractivity contribution is 0.0288. The summed E-state index contributed by atoms with van der Waals surface area (Å²) in [6.45, 7) is 4.69. The zero-order chi connectivity index (χ0) is 20.6. The van der Waals surface area contributed by atoms with E-state index in [4.69, 9.17) is 0 Å². The van der Waals surface area contributed by atoms with Crippen LogP contribution in [0.5, 0.6) is 0 Å². The molecule has 3 aromatic carbocycles. The molecule has 0 N–H and O–H groups in total. The van der Waals surface area contributed by atoms with Gasteiger partial charge in [-0.3, -0.25) is 14.6 Å². The zero-order valence-electron chi connectivity index (χ0n) is 16.9. The van der Waals surface area contributed by atoms with E-state index in [1.54, 1.807) is 0 Å². The fraction of sp³-hybridized carbons (Fsp3) is 0.269. The van der Waals surface area contributed by atoms with Gasteiger partial charge in [0, 0.05) is 49.2 Å². The Morgan fingerprint density at radius 2 is 1.50 bits per heavy atom. The number of rotatable bonds is 4. The van der Waals surface area contributed by atoms with Crippen molar-refractivity contribution in [2.45, 2.75) is 18.5 Å². The van der Waals surface area contributed by atoms with Gasteiger partial charge in [0.1, 0.15) is 5.54 Å². The van der Waals surface area contributed by atoms with Crippen molar-refractivity contribution < 1.29 is 4.79 Å². The van der Waals surface area contributed by atoms with E-state index < -0.39 is 5.54 Å². The minimum Gasteiger partial charge on any atom is -0.297 e. The molecule has 0 bridgehead atoms. The quantitative estimate of drug-likeness (QED) is 0.552. The van der Waals surface area contributed by atoms with E-state index in [9.17, 15) is 4.79 Å². The molecular weight excluding hydrogens is 436 g/mol. The van der Waals surface area contributed by atoms with Crippen molar-refractivity contribution in [3.05, 3.63) is 106 Å². The van der Waals surface area contributed by atoms with Crippen LogP contribution in [-0.2, 0) is 18.5 Å². The molecule has 0 amide bonds. The summed E-state index contributed by atoms with van der Waals surface area (Å²) < 4.78 is 1.03. The third kappa shape index (κ3) is 3.43. The van der Waals surface area contributed by atoms with Gasteiger partial charge in [-0.2, -0.15) is 0 Å². The van der Waals surface area contributed by atoms with Gasteiger partial charge in [0.2, 0.25) is 0 Å². The first kappa shape index (κ1) is 19.7. The molecule has 1 atom stereocenters. The van der Waals surface area contributed by atoms with E-state index in [2.05, 4.69) is 86.4 Å². The number of hydrogen-bond acceptors (Lipinski definition) is 3. The second kappa shape index (κ2) is 8.10. The zero-order valence-corrected chi connectivity index (χ0v) is 18.5. The predicted molar refractivity (Wildman–Crippen MR) is 124 cm³/mol. The number of ketones is 1. The maximum absolute atomic E-state index is 13.8. The minimum absolute atomic E-state index is 0.243. The lowest BCUT2D eigenvalue weighted by Crippen LogP contribution is -2.58. The Kier molecular flexibility index (Phi) is 5.32. The Labute approximate surface area is 186 Å². The summed E-state index contributed by atoms with van der Waals surface area (Å²) >= 11 is 3.58. The summed E-state index contributed by atoms with van der Waals surface area (Å²) in [6, 6.07) is 27.1. The van der Waals surface area contributed by atoms with Crippen LogP contribution >= 0.6 is 15.9 Å². The molecule has 3 nitrogen and oxygen atoms in total. The van der Waals surface area contributed by atoms with Crippen LogP contribution in [0.2, 0.25) is 0 Å². The molecule has 5 rings (SSSR count). The van der Waals surface area contributed by atoms with Crippen molar-refractivity contribution >= 4 is 21.7 Å². The molecule has 0 saturated carbocycles. The van der Waals surface area contributed by atoms with Crippen molar-refractivity contribution in [3.8, 4) is 0 Å². The molecule has 2 aliphatic rings. The number of hydrogen-bond donors (Lipinski definition) is 0. The third-order valence-electron chi connectivity index (χ3n) is 6.55. The van der Waals surface area contributed by atoms with Crippen molar-refractivity contribution in [1.82, 2.24) is 9.80 Å². The number of carbonyl (C=O) groups excluding carboxylic acids is 1. The van der Waals surface area contributed by atoms with Gasteiger partial charge in [-0.1, -0.05) is 76.6 Å². The number of carbonyl (C=O) groups is 1. The maximum atomic E-state index is 13.8. The minimum atomic E-state index is -0.594. The van der Waals surface area contributed by atoms with Crippen molar-refractivity contribution in [1.29, 1.82) is 0 Å². The van der Waals surface area contributed by atoms with Gasteiger partial charge < -0.3 is 0 Å². The Morgan fingerprint density at radius 1 is 0.833 bits per heavy atom. The first-order valence-electron chi connectivity index (χ1n) is 10.6. The largest absolute Gasteiger partial charge is 0.297 e. The first-order chi connectivity index (χ1) is 14.7. The second-order valence-corrected chi connectivity index (χ2v) is 9.20. The summed E-state index contributed by atoms with van der Waals surface area (Å²) in [4.78, 5) is 18.8. The monoisotopic (exact) mass is 460 g/mol. The van der Waals surface area contributed by atoms with Gasteiger partial charge in [0.25, 0.3) is 0 Å². The summed E-state index contributed by atoms with van der Waals surface area (Å²) in [5.41, 5.74) is 3.87. The SMILES string of the molecule is O=C1c2ccc(Br)cc2CC1(c1ccccc1)N1CCN(Cc2ccccc2)CC1. The molecule has 0 aromatic heterocycles. The highest BCUT2D eigenvalue weighted by Crippen LogP contribution is 2.43. The fourth-order valence-corrected chi connectivity index (χ4v) is 5.43. The van der Waals surface area contributed by atoms with Gasteiger partial charge in [0.15, 0.2) is 5.78 Å². The van der Waals surface area contributed by atoms with Crippen LogP contribution in [0.3, 0.4) is 0 Å². The molecule has 4 heteroatoms. The fourth-order valence-electron chi connectivity index (χ4n) is 5.02. The van der Waals surface area contributed by atoms with E-state index in [1.165, 1.54) is 5.56 Å². The van der Waals surface area contributed by atoms with E-state index in [0.717, 1.165) is 60.3 Å². The Balaban J connectivity index is 1.43. The molecule has 3 aromatic rings. The van der Waals surface area contributed by atoms with Crippen molar-refractivity contribution in [3.63, 3.8) is 0 Å². The number of nitrogens with zero attached hydrogens (tertiary/aromatic N) is 2. The van der Waals surface area contributed by atoms with Crippen molar-refractivity contribution in [2.75, 3.05) is 26.2 Å². The Hall–Kier alpha value is -2.27. The van der Waals surface area contributed by atoms with E-state index >= 15 is 0 Å². The highest BCUT2D eigenvalue weighted by Gasteiger charge is 2.51. The highest BCUT2D eigenvalue weighted by atomic mass is 79.9. The van der Waals surface area contributed by atoms with E-state index in [0.29, 0.717) is 0 Å². The van der Waals surface area contributed by atoms with Gasteiger partial charge in [-0.15, -0.1) is 0 Å². The number of halogens is 1. The molecule has 1 saturated heterocycles. The number of fused-ring (bicyclic) bond motifs is 1. The first-order valence-corrected chi connectivity index (χ1v) is 11.4. The van der Waals surface area contributed by atoms with Gasteiger partial charge >= 0.3 is 0 Å². The van der Waals surface area contributed by atoms with Gasteiger partial charge in [-0.25, -0.2) is 0 Å². The standard InChI is InChI=1S/C26H25BrN2O/c27-23-11-12-24-21(17-23)18-26(25(24)30,22-9-5-2-6-10-22)29-15-13-28(14-16-29)19-20-7-3-1-4-8-20/h1-12,17H,13-16,18-19H2. The average Bonchev–Trinajstić information content (AvgIpc) is 3.08. The lowest BCUT2D eigenvalue weighted by Gasteiger charge is -2.45. The Morgan fingerprint density at radius 3 is 2.20 bits per heavy atom. The molecule has 152 valence electrons. The molecular formula is C26H25BrN2O. The van der Waals surface area contributed by atoms with E-state index in [1.807, 2.05) is 18.2 Å². The van der Waals surface area contributed by atoms with E-state index in [-0.39, 0.29) is 5.78 Å². The normalized spacial score (nSPS) is 22.2. The number of benzene rings is 3. The van der Waals surface area contributed by atoms with Gasteiger partial charge in [0.05, 0.1) is 0 Å². The second-order valence-electron chi connectivity index (χ2n) is 8.28. The summed E-state index contributed by atoms with van der Waals surface area (Å²) in [5.74, 6) is 0.243. The van der Waals surface area contributed by atoms with Crippen molar-refractivity contribution in [2.24, 2.45) is 0 Å². The topological polar surface area (TPSA) is 23.6 Å². The van der Waals surface area contributed by atoms with Crippen LogP contribution in [0, 0.1) is 0 Å².